The Balaban J connectivity index is 1.52. The van der Waals surface area contributed by atoms with Gasteiger partial charge in [0.25, 0.3) is 0 Å². The predicted octanol–water partition coefficient (Wildman–Crippen LogP) is 3.48. The van der Waals surface area contributed by atoms with Crippen molar-refractivity contribution < 1.29 is 18.7 Å². The molecule has 2 aromatic heterocycles. The van der Waals surface area contributed by atoms with E-state index in [1.807, 2.05) is 54.6 Å². The number of benzene rings is 2. The number of methoxy groups -OCH3 is 1. The molecule has 4 aromatic rings. The first kappa shape index (κ1) is 21.2. The van der Waals surface area contributed by atoms with Gasteiger partial charge >= 0.3 is 5.97 Å². The molecule has 32 heavy (non-hydrogen) atoms. The Bertz CT molecular complexity index is 1200. The lowest BCUT2D eigenvalue weighted by Crippen LogP contribution is -2.26. The minimum Gasteiger partial charge on any atom is -0.497 e. The number of carbonyl (C=O) groups excluding carboxylic acids is 1. The molecule has 0 radical (unpaired) electrons. The lowest BCUT2D eigenvalue weighted by molar-refractivity contribution is -0.149. The number of hydrogen-bond acceptors (Lipinski definition) is 8. The van der Waals surface area contributed by atoms with Crippen molar-refractivity contribution in [3.05, 3.63) is 77.4 Å². The molecular weight excluding hydrogens is 410 g/mol. The fourth-order valence-corrected chi connectivity index (χ4v) is 3.32. The monoisotopic (exact) mass is 433 g/mol. The standard InChI is InChI=1S/C23H23N5O4/c1-15-20(24-22(32-15)18-9-5-4-6-10-18)14-31-23(29)21(28-16(2)25-26-27-28)13-17-8-7-11-19(12-17)30-3/h4-12,21H,13-14H2,1-3H3. The Kier molecular flexibility index (Phi) is 6.25. The molecule has 0 fully saturated rings. The first-order chi connectivity index (χ1) is 15.5. The summed E-state index contributed by atoms with van der Waals surface area (Å²) in [6.07, 6.45) is 0.342. The number of aromatic nitrogens is 5. The number of oxazole rings is 1. The van der Waals surface area contributed by atoms with E-state index in [4.69, 9.17) is 13.9 Å². The molecule has 9 nitrogen and oxygen atoms in total. The fourth-order valence-electron chi connectivity index (χ4n) is 3.32. The van der Waals surface area contributed by atoms with E-state index in [9.17, 15) is 4.79 Å². The lowest BCUT2D eigenvalue weighted by Gasteiger charge is -2.17. The van der Waals surface area contributed by atoms with Gasteiger partial charge in [-0.1, -0.05) is 30.3 Å². The van der Waals surface area contributed by atoms with Gasteiger partial charge in [-0.05, 0) is 54.1 Å². The summed E-state index contributed by atoms with van der Waals surface area (Å²) in [5.41, 5.74) is 2.31. The van der Waals surface area contributed by atoms with E-state index in [2.05, 4.69) is 20.5 Å². The van der Waals surface area contributed by atoms with E-state index < -0.39 is 12.0 Å². The molecular formula is C23H23N5O4. The molecule has 4 rings (SSSR count). The van der Waals surface area contributed by atoms with Gasteiger partial charge in [0.1, 0.15) is 29.6 Å². The molecule has 0 amide bonds. The number of nitrogens with zero attached hydrogens (tertiary/aromatic N) is 5. The second-order valence-corrected chi connectivity index (χ2v) is 7.24. The predicted molar refractivity (Wildman–Crippen MR) is 115 cm³/mol. The van der Waals surface area contributed by atoms with E-state index in [0.29, 0.717) is 35.3 Å². The third kappa shape index (κ3) is 4.66. The third-order valence-electron chi connectivity index (χ3n) is 5.05. The molecule has 2 heterocycles. The summed E-state index contributed by atoms with van der Waals surface area (Å²) in [5.74, 6) is 1.83. The highest BCUT2D eigenvalue weighted by atomic mass is 16.5. The summed E-state index contributed by atoms with van der Waals surface area (Å²) < 4.78 is 18.1. The second kappa shape index (κ2) is 9.42. The van der Waals surface area contributed by atoms with Gasteiger partial charge in [-0.15, -0.1) is 5.10 Å². The minimum absolute atomic E-state index is 0.0171. The number of ether oxygens (including phenoxy) is 2. The summed E-state index contributed by atoms with van der Waals surface area (Å²) >= 11 is 0. The van der Waals surface area contributed by atoms with E-state index in [1.54, 1.807) is 21.0 Å². The van der Waals surface area contributed by atoms with Crippen LogP contribution in [0.3, 0.4) is 0 Å². The van der Waals surface area contributed by atoms with Crippen LogP contribution in [0.4, 0.5) is 0 Å². The highest BCUT2D eigenvalue weighted by molar-refractivity contribution is 5.74. The second-order valence-electron chi connectivity index (χ2n) is 7.24. The summed E-state index contributed by atoms with van der Waals surface area (Å²) in [7, 11) is 1.60. The van der Waals surface area contributed by atoms with Gasteiger partial charge in [0.05, 0.1) is 7.11 Å². The molecule has 1 atom stereocenters. The van der Waals surface area contributed by atoms with Crippen molar-refractivity contribution in [2.75, 3.05) is 7.11 Å². The van der Waals surface area contributed by atoms with Gasteiger partial charge < -0.3 is 13.9 Å². The average Bonchev–Trinajstić information content (AvgIpc) is 3.41. The van der Waals surface area contributed by atoms with Crippen LogP contribution in [-0.4, -0.2) is 38.3 Å². The molecule has 0 spiro atoms. The topological polar surface area (TPSA) is 105 Å². The zero-order chi connectivity index (χ0) is 22.5. The Labute approximate surface area is 185 Å². The number of aryl methyl sites for hydroxylation is 2. The van der Waals surface area contributed by atoms with Gasteiger partial charge in [-0.2, -0.15) is 0 Å². The molecule has 0 N–H and O–H groups in total. The van der Waals surface area contributed by atoms with Crippen LogP contribution >= 0.6 is 0 Å². The van der Waals surface area contributed by atoms with Crippen molar-refractivity contribution in [2.24, 2.45) is 0 Å². The van der Waals surface area contributed by atoms with Gasteiger partial charge in [0, 0.05) is 12.0 Å². The van der Waals surface area contributed by atoms with E-state index >= 15 is 0 Å². The first-order valence-electron chi connectivity index (χ1n) is 10.1. The fraction of sp³-hybridized carbons (Fsp3) is 0.261. The Morgan fingerprint density at radius 2 is 1.94 bits per heavy atom. The maximum absolute atomic E-state index is 13.1. The maximum Gasteiger partial charge on any atom is 0.331 e. The van der Waals surface area contributed by atoms with Crippen LogP contribution in [0.25, 0.3) is 11.5 Å². The smallest absolute Gasteiger partial charge is 0.331 e. The van der Waals surface area contributed by atoms with Crippen LogP contribution in [0.1, 0.15) is 28.9 Å². The highest BCUT2D eigenvalue weighted by Crippen LogP contribution is 2.24. The van der Waals surface area contributed by atoms with E-state index in [0.717, 1.165) is 11.1 Å². The molecule has 0 saturated heterocycles. The molecule has 2 aromatic carbocycles. The van der Waals surface area contributed by atoms with Gasteiger partial charge in [-0.3, -0.25) is 0 Å². The Hall–Kier alpha value is -4.01. The minimum atomic E-state index is -0.738. The molecule has 0 aliphatic rings. The number of hydrogen-bond donors (Lipinski definition) is 0. The zero-order valence-electron chi connectivity index (χ0n) is 18.1. The molecule has 0 saturated carbocycles. The van der Waals surface area contributed by atoms with Gasteiger partial charge in [-0.25, -0.2) is 14.5 Å². The van der Waals surface area contributed by atoms with Crippen LogP contribution in [0.5, 0.6) is 5.75 Å². The van der Waals surface area contributed by atoms with Crippen molar-refractivity contribution in [1.29, 1.82) is 0 Å². The summed E-state index contributed by atoms with van der Waals surface area (Å²) in [6, 6.07) is 16.3. The summed E-state index contributed by atoms with van der Waals surface area (Å²) in [5, 5.41) is 11.6. The quantitative estimate of drug-likeness (QED) is 0.389. The van der Waals surface area contributed by atoms with Crippen molar-refractivity contribution in [2.45, 2.75) is 32.9 Å². The van der Waals surface area contributed by atoms with Crippen LogP contribution in [0.2, 0.25) is 0 Å². The van der Waals surface area contributed by atoms with Crippen molar-refractivity contribution in [1.82, 2.24) is 25.2 Å². The largest absolute Gasteiger partial charge is 0.497 e. The van der Waals surface area contributed by atoms with Crippen molar-refractivity contribution in [3.63, 3.8) is 0 Å². The molecule has 0 aliphatic heterocycles. The molecule has 164 valence electrons. The summed E-state index contributed by atoms with van der Waals surface area (Å²) in [6.45, 7) is 3.51. The van der Waals surface area contributed by atoms with Crippen LogP contribution in [-0.2, 0) is 22.6 Å². The number of carbonyl (C=O) groups is 1. The lowest BCUT2D eigenvalue weighted by atomic mass is 10.1. The molecule has 0 bridgehead atoms. The van der Waals surface area contributed by atoms with Crippen LogP contribution < -0.4 is 4.74 Å². The van der Waals surface area contributed by atoms with Crippen molar-refractivity contribution in [3.8, 4) is 17.2 Å². The number of tetrazole rings is 1. The molecule has 0 aliphatic carbocycles. The maximum atomic E-state index is 13.1. The Morgan fingerprint density at radius 1 is 1.12 bits per heavy atom. The highest BCUT2D eigenvalue weighted by Gasteiger charge is 2.27. The van der Waals surface area contributed by atoms with E-state index in [-0.39, 0.29) is 6.61 Å². The zero-order valence-corrected chi connectivity index (χ0v) is 18.1. The summed E-state index contributed by atoms with van der Waals surface area (Å²) in [4.78, 5) is 17.6. The van der Waals surface area contributed by atoms with Gasteiger partial charge in [0.2, 0.25) is 5.89 Å². The van der Waals surface area contributed by atoms with Crippen molar-refractivity contribution >= 4 is 5.97 Å². The number of esters is 1. The van der Waals surface area contributed by atoms with Crippen LogP contribution in [0, 0.1) is 13.8 Å². The Morgan fingerprint density at radius 3 is 2.66 bits per heavy atom. The first-order valence-corrected chi connectivity index (χ1v) is 10.1. The third-order valence-corrected chi connectivity index (χ3v) is 5.05. The average molecular weight is 433 g/mol. The molecule has 9 heteroatoms. The SMILES string of the molecule is COc1cccc(CC(C(=O)OCc2nc(-c3ccccc3)oc2C)n2nnnc2C)c1. The number of rotatable bonds is 8. The van der Waals surface area contributed by atoms with E-state index in [1.165, 1.54) is 4.68 Å². The van der Waals surface area contributed by atoms with Crippen LogP contribution in [0.15, 0.2) is 59.0 Å². The molecule has 1 unspecified atom stereocenters. The van der Waals surface area contributed by atoms with Gasteiger partial charge in [0.15, 0.2) is 6.04 Å². The normalized spacial score (nSPS) is 11.8.